The highest BCUT2D eigenvalue weighted by Crippen LogP contribution is 2.33. The summed E-state index contributed by atoms with van der Waals surface area (Å²) < 4.78 is 16.2. The summed E-state index contributed by atoms with van der Waals surface area (Å²) in [4.78, 5) is 1.73. The van der Waals surface area contributed by atoms with Crippen LogP contribution in [0.25, 0.3) is 0 Å². The van der Waals surface area contributed by atoms with E-state index in [1.54, 1.807) is 43.5 Å². The molecular weight excluding hydrogens is 366 g/mol. The van der Waals surface area contributed by atoms with Crippen LogP contribution in [-0.4, -0.2) is 21.0 Å². The molecule has 0 fully saturated rings. The van der Waals surface area contributed by atoms with Crippen LogP contribution in [0.3, 0.4) is 0 Å². The van der Waals surface area contributed by atoms with Gasteiger partial charge in [0, 0.05) is 12.3 Å². The zero-order valence-corrected chi connectivity index (χ0v) is 15.7. The molecule has 0 bridgehead atoms. The lowest BCUT2D eigenvalue weighted by molar-refractivity contribution is 0.257. The fourth-order valence-corrected chi connectivity index (χ4v) is 2.87. The number of nitrogens with one attached hydrogen (secondary N) is 1. The summed E-state index contributed by atoms with van der Waals surface area (Å²) in [5, 5.41) is 13.2. The Balaban J connectivity index is 1.80. The van der Waals surface area contributed by atoms with Crippen LogP contribution in [0.4, 0.5) is 11.4 Å². The number of methoxy groups -OCH3 is 2. The Morgan fingerprint density at radius 3 is 2.74 bits per heavy atom. The lowest BCUT2D eigenvalue weighted by Gasteiger charge is -2.16. The van der Waals surface area contributed by atoms with Crippen LogP contribution in [0.5, 0.6) is 11.5 Å². The standard InChI is InChI=1S/C20H18ClN3O3/c1-25-14-7-8-16(20(11-14)26-2)23-10-9-19-18(12-22)24(13-27-19)17-6-4-3-5-15(17)21/h3-11,23H,13H2,1-2H3. The zero-order valence-electron chi connectivity index (χ0n) is 14.9. The highest BCUT2D eigenvalue weighted by molar-refractivity contribution is 6.33. The van der Waals surface area contributed by atoms with Crippen LogP contribution >= 0.6 is 11.6 Å². The molecule has 0 amide bonds. The average molecular weight is 384 g/mol. The first-order valence-electron chi connectivity index (χ1n) is 8.12. The van der Waals surface area contributed by atoms with E-state index in [1.165, 1.54) is 0 Å². The number of halogens is 1. The van der Waals surface area contributed by atoms with E-state index in [-0.39, 0.29) is 6.73 Å². The van der Waals surface area contributed by atoms with E-state index in [0.29, 0.717) is 28.0 Å². The van der Waals surface area contributed by atoms with Crippen molar-refractivity contribution in [1.82, 2.24) is 0 Å². The maximum atomic E-state index is 9.55. The summed E-state index contributed by atoms with van der Waals surface area (Å²) in [6.45, 7) is 0.220. The van der Waals surface area contributed by atoms with E-state index in [1.807, 2.05) is 30.3 Å². The van der Waals surface area contributed by atoms with Crippen molar-refractivity contribution in [2.75, 3.05) is 31.2 Å². The first-order valence-corrected chi connectivity index (χ1v) is 8.50. The van der Waals surface area contributed by atoms with Crippen molar-refractivity contribution in [3.05, 3.63) is 71.2 Å². The first kappa shape index (κ1) is 18.5. The van der Waals surface area contributed by atoms with Gasteiger partial charge in [0.1, 0.15) is 17.6 Å². The van der Waals surface area contributed by atoms with Gasteiger partial charge in [0.15, 0.2) is 18.2 Å². The van der Waals surface area contributed by atoms with E-state index < -0.39 is 0 Å². The highest BCUT2D eigenvalue weighted by Gasteiger charge is 2.25. The summed E-state index contributed by atoms with van der Waals surface area (Å²) >= 11 is 6.23. The molecule has 138 valence electrons. The second-order valence-electron chi connectivity index (χ2n) is 5.52. The SMILES string of the molecule is COc1ccc(NC=CC2=C(C#N)N(c3ccccc3Cl)CO2)c(OC)c1. The van der Waals surface area contributed by atoms with Gasteiger partial charge in [-0.05, 0) is 30.3 Å². The number of nitrogens with zero attached hydrogens (tertiary/aromatic N) is 2. The third-order valence-electron chi connectivity index (χ3n) is 3.98. The largest absolute Gasteiger partial charge is 0.497 e. The summed E-state index contributed by atoms with van der Waals surface area (Å²) in [5.74, 6) is 1.79. The topological polar surface area (TPSA) is 66.8 Å². The number of hydrogen-bond donors (Lipinski definition) is 1. The van der Waals surface area contributed by atoms with Crippen molar-refractivity contribution in [2.45, 2.75) is 0 Å². The van der Waals surface area contributed by atoms with Crippen LogP contribution < -0.4 is 19.7 Å². The maximum absolute atomic E-state index is 9.55. The monoisotopic (exact) mass is 383 g/mol. The van der Waals surface area contributed by atoms with Crippen molar-refractivity contribution in [3.8, 4) is 17.6 Å². The molecule has 2 aromatic carbocycles. The van der Waals surface area contributed by atoms with Crippen molar-refractivity contribution in [1.29, 1.82) is 5.26 Å². The van der Waals surface area contributed by atoms with Gasteiger partial charge in [-0.15, -0.1) is 0 Å². The van der Waals surface area contributed by atoms with Gasteiger partial charge in [0.05, 0.1) is 30.6 Å². The predicted molar refractivity (Wildman–Crippen MR) is 105 cm³/mol. The minimum atomic E-state index is 0.220. The second-order valence-corrected chi connectivity index (χ2v) is 5.93. The summed E-state index contributed by atoms with van der Waals surface area (Å²) in [6.07, 6.45) is 3.38. The normalized spacial score (nSPS) is 13.5. The van der Waals surface area contributed by atoms with Gasteiger partial charge in [0.25, 0.3) is 0 Å². The Bertz CT molecular complexity index is 934. The lowest BCUT2D eigenvalue weighted by atomic mass is 10.2. The molecule has 7 heteroatoms. The van der Waals surface area contributed by atoms with Crippen molar-refractivity contribution in [2.24, 2.45) is 0 Å². The smallest absolute Gasteiger partial charge is 0.166 e. The molecule has 27 heavy (non-hydrogen) atoms. The molecule has 0 atom stereocenters. The van der Waals surface area contributed by atoms with Crippen molar-refractivity contribution >= 4 is 23.0 Å². The van der Waals surface area contributed by atoms with Crippen LogP contribution in [0, 0.1) is 11.3 Å². The number of anilines is 2. The molecule has 1 heterocycles. The molecule has 0 spiro atoms. The van der Waals surface area contributed by atoms with Crippen LogP contribution in [0.1, 0.15) is 0 Å². The van der Waals surface area contributed by atoms with Gasteiger partial charge >= 0.3 is 0 Å². The fraction of sp³-hybridized carbons (Fsp3) is 0.150. The first-order chi connectivity index (χ1) is 13.2. The van der Waals surface area contributed by atoms with Crippen molar-refractivity contribution < 1.29 is 14.2 Å². The molecule has 6 nitrogen and oxygen atoms in total. The van der Waals surface area contributed by atoms with Gasteiger partial charge in [-0.3, -0.25) is 4.90 Å². The van der Waals surface area contributed by atoms with E-state index in [2.05, 4.69) is 11.4 Å². The minimum absolute atomic E-state index is 0.220. The van der Waals surface area contributed by atoms with E-state index >= 15 is 0 Å². The highest BCUT2D eigenvalue weighted by atomic mass is 35.5. The summed E-state index contributed by atoms with van der Waals surface area (Å²) in [7, 11) is 3.18. The number of benzene rings is 2. The summed E-state index contributed by atoms with van der Waals surface area (Å²) in [5.41, 5.74) is 1.88. The zero-order chi connectivity index (χ0) is 19.2. The second kappa shape index (κ2) is 8.39. The molecular formula is C20H18ClN3O3. The Hall–Kier alpha value is -3.30. The third kappa shape index (κ3) is 3.94. The fourth-order valence-electron chi connectivity index (χ4n) is 2.63. The molecule has 0 aliphatic carbocycles. The molecule has 1 aliphatic rings. The molecule has 0 saturated carbocycles. The number of nitriles is 1. The Morgan fingerprint density at radius 2 is 2.04 bits per heavy atom. The van der Waals surface area contributed by atoms with Crippen LogP contribution in [0.15, 0.2) is 66.2 Å². The molecule has 1 aliphatic heterocycles. The molecule has 1 N–H and O–H groups in total. The Morgan fingerprint density at radius 1 is 1.22 bits per heavy atom. The predicted octanol–water partition coefficient (Wildman–Crippen LogP) is 4.51. The number of para-hydroxylation sites is 1. The maximum Gasteiger partial charge on any atom is 0.166 e. The number of allylic oxidation sites excluding steroid dienone is 2. The molecule has 0 aromatic heterocycles. The number of ether oxygens (including phenoxy) is 3. The Labute approximate surface area is 162 Å². The third-order valence-corrected chi connectivity index (χ3v) is 4.30. The minimum Gasteiger partial charge on any atom is -0.497 e. The molecule has 2 aromatic rings. The van der Waals surface area contributed by atoms with Gasteiger partial charge in [0.2, 0.25) is 0 Å². The summed E-state index contributed by atoms with van der Waals surface area (Å²) in [6, 6.07) is 14.9. The molecule has 0 unspecified atom stereocenters. The van der Waals surface area contributed by atoms with Gasteiger partial charge in [-0.2, -0.15) is 5.26 Å². The Kier molecular flexibility index (Phi) is 5.74. The van der Waals surface area contributed by atoms with Crippen LogP contribution in [0.2, 0.25) is 5.02 Å². The van der Waals surface area contributed by atoms with Crippen LogP contribution in [-0.2, 0) is 4.74 Å². The number of rotatable bonds is 6. The lowest BCUT2D eigenvalue weighted by Crippen LogP contribution is -2.18. The van der Waals surface area contributed by atoms with Gasteiger partial charge in [-0.1, -0.05) is 23.7 Å². The molecule has 3 rings (SSSR count). The van der Waals surface area contributed by atoms with E-state index in [9.17, 15) is 5.26 Å². The molecule has 0 saturated heterocycles. The van der Waals surface area contributed by atoms with Gasteiger partial charge in [-0.25, -0.2) is 0 Å². The van der Waals surface area contributed by atoms with E-state index in [4.69, 9.17) is 25.8 Å². The van der Waals surface area contributed by atoms with Crippen molar-refractivity contribution in [3.63, 3.8) is 0 Å². The van der Waals surface area contributed by atoms with E-state index in [0.717, 1.165) is 11.4 Å². The average Bonchev–Trinajstić information content (AvgIpc) is 3.11. The molecule has 0 radical (unpaired) electrons. The van der Waals surface area contributed by atoms with Gasteiger partial charge < -0.3 is 19.5 Å². The quantitative estimate of drug-likeness (QED) is 0.791. The number of hydrogen-bond acceptors (Lipinski definition) is 6.